The Hall–Kier alpha value is -4.16. The summed E-state index contributed by atoms with van der Waals surface area (Å²) in [6, 6.07) is 20.2. The second-order valence-electron chi connectivity index (χ2n) is 6.75. The molecule has 0 fully saturated rings. The molecule has 2 aromatic heterocycles. The predicted octanol–water partition coefficient (Wildman–Crippen LogP) is 4.77. The first-order chi connectivity index (χ1) is 15.5. The SMILES string of the molecule is N#Cc1cc(NS(=O)(=O)c2ccccc2)c(-c2ccc(F)cc2)nc1NCc1ccco1. The molecule has 2 aromatic carbocycles. The Morgan fingerprint density at radius 1 is 1.03 bits per heavy atom. The Balaban J connectivity index is 1.78. The van der Waals surface area contributed by atoms with Gasteiger partial charge in [0.05, 0.1) is 34.6 Å². The molecule has 0 aliphatic heterocycles. The lowest BCUT2D eigenvalue weighted by atomic mass is 10.1. The Bertz CT molecular complexity index is 1370. The van der Waals surface area contributed by atoms with Gasteiger partial charge in [0.25, 0.3) is 10.0 Å². The van der Waals surface area contributed by atoms with Crippen molar-refractivity contribution in [3.8, 4) is 17.3 Å². The summed E-state index contributed by atoms with van der Waals surface area (Å²) in [4.78, 5) is 4.55. The van der Waals surface area contributed by atoms with Crippen molar-refractivity contribution in [1.29, 1.82) is 5.26 Å². The van der Waals surface area contributed by atoms with E-state index in [2.05, 4.69) is 15.0 Å². The molecule has 9 heteroatoms. The number of hydrogen-bond donors (Lipinski definition) is 2. The highest BCUT2D eigenvalue weighted by molar-refractivity contribution is 7.92. The average molecular weight is 448 g/mol. The van der Waals surface area contributed by atoms with Crippen molar-refractivity contribution in [3.05, 3.63) is 96.2 Å². The van der Waals surface area contributed by atoms with Gasteiger partial charge in [0.1, 0.15) is 23.5 Å². The van der Waals surface area contributed by atoms with Crippen molar-refractivity contribution < 1.29 is 17.2 Å². The smallest absolute Gasteiger partial charge is 0.261 e. The highest BCUT2D eigenvalue weighted by atomic mass is 32.2. The number of halogens is 1. The minimum absolute atomic E-state index is 0.0589. The maximum absolute atomic E-state index is 13.5. The second kappa shape index (κ2) is 8.91. The molecular formula is C23H17FN4O3S. The summed E-state index contributed by atoms with van der Waals surface area (Å²) in [6.45, 7) is 0.270. The Labute approximate surface area is 184 Å². The van der Waals surface area contributed by atoms with E-state index in [1.807, 2.05) is 6.07 Å². The van der Waals surface area contributed by atoms with E-state index in [1.54, 1.807) is 30.3 Å². The summed E-state index contributed by atoms with van der Waals surface area (Å²) in [5, 5.41) is 12.7. The zero-order valence-corrected chi connectivity index (χ0v) is 17.4. The van der Waals surface area contributed by atoms with Crippen LogP contribution in [0, 0.1) is 17.1 Å². The largest absolute Gasteiger partial charge is 0.467 e. The molecule has 0 spiro atoms. The molecule has 0 bridgehead atoms. The summed E-state index contributed by atoms with van der Waals surface area (Å²) < 4.78 is 47.1. The highest BCUT2D eigenvalue weighted by Crippen LogP contribution is 2.32. The topological polar surface area (TPSA) is 108 Å². The van der Waals surface area contributed by atoms with Gasteiger partial charge in [0.15, 0.2) is 0 Å². The Kier molecular flexibility index (Phi) is 5.87. The van der Waals surface area contributed by atoms with Crippen LogP contribution in [0.2, 0.25) is 0 Å². The quantitative estimate of drug-likeness (QED) is 0.422. The molecule has 0 aliphatic rings. The predicted molar refractivity (Wildman–Crippen MR) is 118 cm³/mol. The zero-order valence-electron chi connectivity index (χ0n) is 16.6. The second-order valence-corrected chi connectivity index (χ2v) is 8.43. The van der Waals surface area contributed by atoms with E-state index in [1.165, 1.54) is 48.7 Å². The van der Waals surface area contributed by atoms with Gasteiger partial charge < -0.3 is 9.73 Å². The molecule has 0 radical (unpaired) electrons. The van der Waals surface area contributed by atoms with E-state index in [0.717, 1.165) is 0 Å². The maximum atomic E-state index is 13.5. The number of sulfonamides is 1. The number of furan rings is 1. The number of nitrogens with one attached hydrogen (secondary N) is 2. The molecule has 0 saturated carbocycles. The minimum atomic E-state index is -3.95. The molecule has 0 unspecified atom stereocenters. The van der Waals surface area contributed by atoms with E-state index < -0.39 is 15.8 Å². The molecule has 0 amide bonds. The van der Waals surface area contributed by atoms with Crippen molar-refractivity contribution in [2.24, 2.45) is 0 Å². The summed E-state index contributed by atoms with van der Waals surface area (Å²) >= 11 is 0. The van der Waals surface area contributed by atoms with Crippen LogP contribution in [0.4, 0.5) is 15.9 Å². The molecule has 32 heavy (non-hydrogen) atoms. The number of nitriles is 1. The third kappa shape index (κ3) is 4.61. The third-order valence-corrected chi connectivity index (χ3v) is 5.95. The molecule has 2 N–H and O–H groups in total. The van der Waals surface area contributed by atoms with E-state index in [9.17, 15) is 18.1 Å². The van der Waals surface area contributed by atoms with Crippen LogP contribution in [0.5, 0.6) is 0 Å². The molecule has 160 valence electrons. The highest BCUT2D eigenvalue weighted by Gasteiger charge is 2.20. The fourth-order valence-corrected chi connectivity index (χ4v) is 4.10. The van der Waals surface area contributed by atoms with E-state index >= 15 is 0 Å². The third-order valence-electron chi connectivity index (χ3n) is 4.57. The van der Waals surface area contributed by atoms with Crippen molar-refractivity contribution in [2.45, 2.75) is 11.4 Å². The lowest BCUT2D eigenvalue weighted by Gasteiger charge is -2.15. The van der Waals surface area contributed by atoms with Crippen LogP contribution in [0.25, 0.3) is 11.3 Å². The average Bonchev–Trinajstić information content (AvgIpc) is 3.32. The van der Waals surface area contributed by atoms with Gasteiger partial charge >= 0.3 is 0 Å². The Morgan fingerprint density at radius 3 is 2.44 bits per heavy atom. The van der Waals surface area contributed by atoms with Crippen LogP contribution in [0.15, 0.2) is 88.4 Å². The minimum Gasteiger partial charge on any atom is -0.467 e. The fourth-order valence-electron chi connectivity index (χ4n) is 3.03. The van der Waals surface area contributed by atoms with Gasteiger partial charge in [0, 0.05) is 5.56 Å². The van der Waals surface area contributed by atoms with Crippen molar-refractivity contribution >= 4 is 21.5 Å². The van der Waals surface area contributed by atoms with Crippen LogP contribution in [0.3, 0.4) is 0 Å². The number of pyridine rings is 1. The molecule has 7 nitrogen and oxygen atoms in total. The first kappa shape index (κ1) is 21.1. The van der Waals surface area contributed by atoms with Gasteiger partial charge in [-0.05, 0) is 54.6 Å². The van der Waals surface area contributed by atoms with Crippen LogP contribution < -0.4 is 10.0 Å². The number of rotatable bonds is 7. The number of hydrogen-bond acceptors (Lipinski definition) is 6. The number of aromatic nitrogens is 1. The van der Waals surface area contributed by atoms with Gasteiger partial charge in [-0.1, -0.05) is 18.2 Å². The lowest BCUT2D eigenvalue weighted by Crippen LogP contribution is -2.15. The number of anilines is 2. The van der Waals surface area contributed by atoms with Crippen molar-refractivity contribution in [1.82, 2.24) is 4.98 Å². The molecule has 4 aromatic rings. The van der Waals surface area contributed by atoms with Gasteiger partial charge in [-0.3, -0.25) is 4.72 Å². The molecule has 4 rings (SSSR count). The molecular weight excluding hydrogens is 431 g/mol. The van der Waals surface area contributed by atoms with Gasteiger partial charge in [0.2, 0.25) is 0 Å². The number of benzene rings is 2. The fraction of sp³-hybridized carbons (Fsp3) is 0.0435. The normalized spacial score (nSPS) is 11.0. The molecule has 2 heterocycles. The first-order valence-corrected chi connectivity index (χ1v) is 11.0. The molecule has 0 aliphatic carbocycles. The Morgan fingerprint density at radius 2 is 1.78 bits per heavy atom. The standard InChI is InChI=1S/C23H17FN4O3S/c24-18-10-8-16(9-11-18)22-21(28-32(29,30)20-6-2-1-3-7-20)13-17(14-25)23(27-22)26-15-19-5-4-12-31-19/h1-13,28H,15H2,(H,26,27). The van der Waals surface area contributed by atoms with Gasteiger partial charge in [-0.25, -0.2) is 17.8 Å². The van der Waals surface area contributed by atoms with E-state index in [4.69, 9.17) is 4.42 Å². The van der Waals surface area contributed by atoms with Gasteiger partial charge in [-0.2, -0.15) is 5.26 Å². The first-order valence-electron chi connectivity index (χ1n) is 9.51. The van der Waals surface area contributed by atoms with E-state index in [-0.39, 0.29) is 34.2 Å². The van der Waals surface area contributed by atoms with Crippen LogP contribution in [-0.2, 0) is 16.6 Å². The lowest BCUT2D eigenvalue weighted by molar-refractivity contribution is 0.518. The molecule has 0 saturated heterocycles. The molecule has 0 atom stereocenters. The van der Waals surface area contributed by atoms with Crippen LogP contribution >= 0.6 is 0 Å². The van der Waals surface area contributed by atoms with E-state index in [0.29, 0.717) is 11.3 Å². The van der Waals surface area contributed by atoms with Gasteiger partial charge in [-0.15, -0.1) is 0 Å². The monoisotopic (exact) mass is 448 g/mol. The zero-order chi connectivity index (χ0) is 22.6. The van der Waals surface area contributed by atoms with Crippen LogP contribution in [-0.4, -0.2) is 13.4 Å². The maximum Gasteiger partial charge on any atom is 0.261 e. The van der Waals surface area contributed by atoms with Crippen molar-refractivity contribution in [3.63, 3.8) is 0 Å². The van der Waals surface area contributed by atoms with Crippen LogP contribution in [0.1, 0.15) is 11.3 Å². The van der Waals surface area contributed by atoms with Crippen molar-refractivity contribution in [2.75, 3.05) is 10.0 Å². The summed E-state index contributed by atoms with van der Waals surface area (Å²) in [7, 11) is -3.95. The summed E-state index contributed by atoms with van der Waals surface area (Å²) in [6.07, 6.45) is 1.53. The summed E-state index contributed by atoms with van der Waals surface area (Å²) in [5.74, 6) is 0.434. The number of nitrogens with zero attached hydrogens (tertiary/aromatic N) is 2. The summed E-state index contributed by atoms with van der Waals surface area (Å²) in [5.41, 5.74) is 0.946.